The van der Waals surface area contributed by atoms with Crippen molar-refractivity contribution in [3.05, 3.63) is 22.6 Å². The molecule has 0 unspecified atom stereocenters. The van der Waals surface area contributed by atoms with Crippen molar-refractivity contribution in [3.8, 4) is 0 Å². The molecule has 0 aromatic carbocycles. The van der Waals surface area contributed by atoms with Gasteiger partial charge in [0.2, 0.25) is 5.91 Å². The fourth-order valence-corrected chi connectivity index (χ4v) is 1.97. The Morgan fingerprint density at radius 2 is 2.19 bits per heavy atom. The number of nitrogens with one attached hydrogen (secondary N) is 1. The Morgan fingerprint density at radius 3 is 2.75 bits per heavy atom. The number of hydrogen-bond acceptors (Lipinski definition) is 4. The van der Waals surface area contributed by atoms with Crippen molar-refractivity contribution in [2.24, 2.45) is 0 Å². The first-order chi connectivity index (χ1) is 7.67. The minimum atomic E-state index is -0.201. The summed E-state index contributed by atoms with van der Waals surface area (Å²) in [6, 6.07) is 1.34. The fraction of sp³-hybridized carbons (Fsp3) is 0.500. The van der Waals surface area contributed by atoms with Gasteiger partial charge in [-0.25, -0.2) is 4.98 Å². The van der Waals surface area contributed by atoms with E-state index in [1.54, 1.807) is 4.90 Å². The number of aromatic amines is 1. The molecule has 0 aliphatic carbocycles. The Bertz CT molecular complexity index is 401. The first kappa shape index (κ1) is 12.8. The molecule has 0 spiro atoms. The fourth-order valence-electron chi connectivity index (χ4n) is 1.22. The lowest BCUT2D eigenvalue weighted by atomic mass is 10.5. The smallest absolute Gasteiger partial charge is 0.251 e. The molecule has 1 amide bonds. The zero-order valence-electron chi connectivity index (χ0n) is 9.40. The average Bonchev–Trinajstić information content (AvgIpc) is 2.28. The highest BCUT2D eigenvalue weighted by Gasteiger charge is 2.10. The topological polar surface area (TPSA) is 66.1 Å². The molecule has 1 aromatic heterocycles. The van der Waals surface area contributed by atoms with E-state index in [1.807, 2.05) is 13.8 Å². The van der Waals surface area contributed by atoms with Crippen LogP contribution in [0.25, 0.3) is 0 Å². The van der Waals surface area contributed by atoms with Gasteiger partial charge >= 0.3 is 0 Å². The molecule has 6 heteroatoms. The molecule has 1 N–H and O–H groups in total. The van der Waals surface area contributed by atoms with Crippen molar-refractivity contribution in [2.45, 2.75) is 19.0 Å². The number of carbonyl (C=O) groups is 1. The van der Waals surface area contributed by atoms with E-state index in [0.29, 0.717) is 24.0 Å². The zero-order chi connectivity index (χ0) is 12.0. The number of hydrogen-bond donors (Lipinski definition) is 1. The molecular formula is C10H15N3O2S. The Morgan fingerprint density at radius 1 is 1.50 bits per heavy atom. The Labute approximate surface area is 98.3 Å². The van der Waals surface area contributed by atoms with Crippen molar-refractivity contribution in [1.29, 1.82) is 0 Å². The molecule has 0 saturated heterocycles. The lowest BCUT2D eigenvalue weighted by Gasteiger charge is -2.17. The molecule has 0 atom stereocenters. The van der Waals surface area contributed by atoms with E-state index in [-0.39, 0.29) is 11.5 Å². The van der Waals surface area contributed by atoms with Crippen molar-refractivity contribution in [2.75, 3.05) is 18.8 Å². The summed E-state index contributed by atoms with van der Waals surface area (Å²) in [6.07, 6.45) is 1.43. The molecule has 0 bridgehead atoms. The summed E-state index contributed by atoms with van der Waals surface area (Å²) in [5.41, 5.74) is -0.201. The molecule has 0 radical (unpaired) electrons. The molecule has 88 valence electrons. The van der Waals surface area contributed by atoms with Crippen LogP contribution in [0, 0.1) is 0 Å². The largest absolute Gasteiger partial charge is 0.343 e. The van der Waals surface area contributed by atoms with Crippen LogP contribution in [0.3, 0.4) is 0 Å². The highest BCUT2D eigenvalue weighted by Crippen LogP contribution is 2.10. The number of nitrogens with zero attached hydrogens (tertiary/aromatic N) is 2. The second kappa shape index (κ2) is 6.32. The van der Waals surface area contributed by atoms with Gasteiger partial charge in [-0.3, -0.25) is 9.59 Å². The van der Waals surface area contributed by atoms with E-state index in [1.165, 1.54) is 24.0 Å². The highest BCUT2D eigenvalue weighted by atomic mass is 32.2. The van der Waals surface area contributed by atoms with E-state index in [9.17, 15) is 9.59 Å². The first-order valence-corrected chi connectivity index (χ1v) is 6.11. The molecule has 0 fully saturated rings. The monoisotopic (exact) mass is 241 g/mol. The molecule has 1 heterocycles. The summed E-state index contributed by atoms with van der Waals surface area (Å²) < 4.78 is 0. The van der Waals surface area contributed by atoms with Gasteiger partial charge in [-0.05, 0) is 13.8 Å². The van der Waals surface area contributed by atoms with Gasteiger partial charge in [0.15, 0.2) is 5.16 Å². The normalized spacial score (nSPS) is 10.1. The van der Waals surface area contributed by atoms with Crippen LogP contribution in [-0.2, 0) is 4.79 Å². The molecule has 0 aliphatic rings. The number of H-pyrrole nitrogens is 1. The zero-order valence-corrected chi connectivity index (χ0v) is 10.2. The van der Waals surface area contributed by atoms with Crippen molar-refractivity contribution in [1.82, 2.24) is 14.9 Å². The summed E-state index contributed by atoms with van der Waals surface area (Å²) >= 11 is 1.24. The number of rotatable bonds is 5. The van der Waals surface area contributed by atoms with Crippen molar-refractivity contribution < 1.29 is 4.79 Å². The minimum absolute atomic E-state index is 0.0569. The van der Waals surface area contributed by atoms with Gasteiger partial charge in [0.25, 0.3) is 5.56 Å². The molecule has 1 aromatic rings. The van der Waals surface area contributed by atoms with E-state index < -0.39 is 0 Å². The molecular weight excluding hydrogens is 226 g/mol. The predicted octanol–water partition coefficient (Wildman–Crippen LogP) is 0.730. The second-order valence-electron chi connectivity index (χ2n) is 3.09. The van der Waals surface area contributed by atoms with Crippen LogP contribution in [0.2, 0.25) is 0 Å². The Hall–Kier alpha value is -1.30. The van der Waals surface area contributed by atoms with E-state index in [2.05, 4.69) is 9.97 Å². The van der Waals surface area contributed by atoms with Crippen LogP contribution in [0.4, 0.5) is 0 Å². The van der Waals surface area contributed by atoms with Gasteiger partial charge in [0, 0.05) is 25.4 Å². The maximum absolute atomic E-state index is 11.6. The van der Waals surface area contributed by atoms with Crippen LogP contribution in [0.15, 0.2) is 22.2 Å². The molecule has 5 nitrogen and oxygen atoms in total. The van der Waals surface area contributed by atoms with Crippen LogP contribution >= 0.6 is 11.8 Å². The molecule has 16 heavy (non-hydrogen) atoms. The summed E-state index contributed by atoms with van der Waals surface area (Å²) in [6.45, 7) is 5.28. The van der Waals surface area contributed by atoms with Gasteiger partial charge in [0.05, 0.1) is 5.75 Å². The first-order valence-electron chi connectivity index (χ1n) is 5.13. The van der Waals surface area contributed by atoms with Gasteiger partial charge in [-0.15, -0.1) is 0 Å². The number of aromatic nitrogens is 2. The van der Waals surface area contributed by atoms with Gasteiger partial charge in [-0.2, -0.15) is 0 Å². The third-order valence-corrected chi connectivity index (χ3v) is 2.97. The average molecular weight is 241 g/mol. The number of thioether (sulfide) groups is 1. The van der Waals surface area contributed by atoms with Crippen LogP contribution in [-0.4, -0.2) is 39.6 Å². The summed E-state index contributed by atoms with van der Waals surface area (Å²) in [5, 5.41) is 0.480. The third-order valence-electron chi connectivity index (χ3n) is 2.10. The van der Waals surface area contributed by atoms with Crippen LogP contribution < -0.4 is 5.56 Å². The third kappa shape index (κ3) is 3.69. The number of carbonyl (C=O) groups excluding carboxylic acids is 1. The summed E-state index contributed by atoms with van der Waals surface area (Å²) in [4.78, 5) is 30.9. The molecule has 1 rings (SSSR count). The van der Waals surface area contributed by atoms with E-state index >= 15 is 0 Å². The van der Waals surface area contributed by atoms with Crippen LogP contribution in [0.5, 0.6) is 0 Å². The quantitative estimate of drug-likeness (QED) is 0.609. The van der Waals surface area contributed by atoms with E-state index in [4.69, 9.17) is 0 Å². The molecule has 0 aliphatic heterocycles. The number of amides is 1. The van der Waals surface area contributed by atoms with Crippen LogP contribution in [0.1, 0.15) is 13.8 Å². The Balaban J connectivity index is 2.51. The van der Waals surface area contributed by atoms with E-state index in [0.717, 1.165) is 0 Å². The lowest BCUT2D eigenvalue weighted by molar-refractivity contribution is -0.127. The van der Waals surface area contributed by atoms with Gasteiger partial charge in [-0.1, -0.05) is 11.8 Å². The minimum Gasteiger partial charge on any atom is -0.343 e. The van der Waals surface area contributed by atoms with Gasteiger partial charge in [0.1, 0.15) is 0 Å². The lowest BCUT2D eigenvalue weighted by Crippen LogP contribution is -2.31. The maximum atomic E-state index is 11.6. The Kier molecular flexibility index (Phi) is 5.04. The predicted molar refractivity (Wildman–Crippen MR) is 63.5 cm³/mol. The second-order valence-corrected chi connectivity index (χ2v) is 4.06. The summed E-state index contributed by atoms with van der Waals surface area (Å²) in [5.74, 6) is 0.357. The summed E-state index contributed by atoms with van der Waals surface area (Å²) in [7, 11) is 0. The molecule has 0 saturated carbocycles. The van der Waals surface area contributed by atoms with Gasteiger partial charge < -0.3 is 9.88 Å². The highest BCUT2D eigenvalue weighted by molar-refractivity contribution is 7.99. The maximum Gasteiger partial charge on any atom is 0.251 e. The van der Waals surface area contributed by atoms with Crippen molar-refractivity contribution >= 4 is 17.7 Å². The SMILES string of the molecule is CCN(CC)C(=O)CSc1nccc(=O)[nH]1. The standard InChI is InChI=1S/C10H15N3O2S/c1-3-13(4-2)9(15)7-16-10-11-6-5-8(14)12-10/h5-6H,3-4,7H2,1-2H3,(H,11,12,14). The van der Waals surface area contributed by atoms with Crippen molar-refractivity contribution in [3.63, 3.8) is 0 Å².